The molecule has 0 unspecified atom stereocenters. The first-order chi connectivity index (χ1) is 19.4. The predicted octanol–water partition coefficient (Wildman–Crippen LogP) is 4.71. The van der Waals surface area contributed by atoms with E-state index in [4.69, 9.17) is 9.90 Å². The number of nitrogens with one attached hydrogen (secondary N) is 2. The molecular formula is C24H23F5N6O4S2. The number of alkyl halides is 3. The number of likely N-dealkylation sites (tertiary alicyclic amines) is 1. The van der Waals surface area contributed by atoms with Crippen LogP contribution in [0.4, 0.5) is 33.6 Å². The molecule has 1 saturated heterocycles. The molecule has 5 rings (SSSR count). The first-order valence-corrected chi connectivity index (χ1v) is 14.4. The van der Waals surface area contributed by atoms with E-state index in [0.29, 0.717) is 17.9 Å². The van der Waals surface area contributed by atoms with Crippen molar-refractivity contribution in [2.24, 2.45) is 0 Å². The fourth-order valence-corrected chi connectivity index (χ4v) is 5.83. The van der Waals surface area contributed by atoms with Crippen molar-refractivity contribution in [3.8, 4) is 0 Å². The van der Waals surface area contributed by atoms with Crippen molar-refractivity contribution < 1.29 is 40.3 Å². The molecule has 10 nitrogen and oxygen atoms in total. The fourth-order valence-electron chi connectivity index (χ4n) is 4.14. The van der Waals surface area contributed by atoms with Gasteiger partial charge in [0.1, 0.15) is 22.3 Å². The van der Waals surface area contributed by atoms with Crippen molar-refractivity contribution in [3.63, 3.8) is 0 Å². The molecule has 3 aromatic heterocycles. The number of anilines is 2. The van der Waals surface area contributed by atoms with E-state index in [1.54, 1.807) is 22.0 Å². The zero-order chi connectivity index (χ0) is 29.8. The minimum absolute atomic E-state index is 0.0253. The standard InChI is InChI=1S/C22H22F2N6O2S2.C2HF3O2/c23-17-3-4-18(24)16(12-29-8-1-2-9-29)15(17)11-26-21-6-5-19(22-25-7-10-30(21)22)34(31,32)28-20-13-33-14-27-20;3-2(4,5)1(6)7/h3-7,10,13-14,26,28H,1-2,8-9,11-12H2;(H,6,7). The maximum atomic E-state index is 14.7. The minimum Gasteiger partial charge on any atom is -0.475 e. The van der Waals surface area contributed by atoms with Crippen molar-refractivity contribution in [1.82, 2.24) is 19.3 Å². The number of sulfonamides is 1. The summed E-state index contributed by atoms with van der Waals surface area (Å²) >= 11 is 1.27. The number of carboxylic acids is 1. The normalized spacial score (nSPS) is 14.1. The highest BCUT2D eigenvalue weighted by Crippen LogP contribution is 2.26. The minimum atomic E-state index is -5.08. The van der Waals surface area contributed by atoms with Crippen LogP contribution in [0.3, 0.4) is 0 Å². The van der Waals surface area contributed by atoms with E-state index in [-0.39, 0.29) is 28.5 Å². The Balaban J connectivity index is 0.000000493. The van der Waals surface area contributed by atoms with E-state index in [0.717, 1.165) is 38.1 Å². The van der Waals surface area contributed by atoms with Crippen LogP contribution in [0.15, 0.2) is 52.4 Å². The predicted molar refractivity (Wildman–Crippen MR) is 140 cm³/mol. The number of nitrogens with zero attached hydrogens (tertiary/aromatic N) is 4. The maximum absolute atomic E-state index is 14.7. The third-order valence-corrected chi connectivity index (χ3v) is 8.02. The average molecular weight is 619 g/mol. The Morgan fingerprint density at radius 2 is 1.71 bits per heavy atom. The molecule has 41 heavy (non-hydrogen) atoms. The SMILES string of the molecule is O=C(O)C(F)(F)F.O=S(=O)(Nc1cscn1)c1ccc(NCc2c(F)ccc(F)c2CN2CCCC2)n2ccnc12. The maximum Gasteiger partial charge on any atom is 0.490 e. The van der Waals surface area contributed by atoms with Gasteiger partial charge < -0.3 is 10.4 Å². The highest BCUT2D eigenvalue weighted by Gasteiger charge is 2.38. The lowest BCUT2D eigenvalue weighted by Gasteiger charge is -2.19. The Hall–Kier alpha value is -3.83. The van der Waals surface area contributed by atoms with Crippen molar-refractivity contribution in [2.45, 2.75) is 37.0 Å². The van der Waals surface area contributed by atoms with Crippen LogP contribution in [0.1, 0.15) is 24.0 Å². The lowest BCUT2D eigenvalue weighted by atomic mass is 10.1. The van der Waals surface area contributed by atoms with Crippen molar-refractivity contribution in [2.75, 3.05) is 23.1 Å². The van der Waals surface area contributed by atoms with E-state index in [9.17, 15) is 30.4 Å². The van der Waals surface area contributed by atoms with Gasteiger partial charge in [0.25, 0.3) is 10.0 Å². The number of benzene rings is 1. The monoisotopic (exact) mass is 618 g/mol. The van der Waals surface area contributed by atoms with Gasteiger partial charge in [0, 0.05) is 42.0 Å². The summed E-state index contributed by atoms with van der Waals surface area (Å²) in [5.41, 5.74) is 2.31. The van der Waals surface area contributed by atoms with E-state index < -0.39 is 33.8 Å². The number of carboxylic acid groups (broad SMARTS) is 1. The number of aliphatic carboxylic acids is 1. The van der Waals surface area contributed by atoms with E-state index >= 15 is 0 Å². The molecule has 0 aliphatic carbocycles. The summed E-state index contributed by atoms with van der Waals surface area (Å²) in [7, 11) is -3.93. The molecule has 1 aliphatic heterocycles. The summed E-state index contributed by atoms with van der Waals surface area (Å²) in [6.45, 7) is 2.11. The first-order valence-electron chi connectivity index (χ1n) is 12.0. The molecule has 0 atom stereocenters. The lowest BCUT2D eigenvalue weighted by Crippen LogP contribution is -2.21. The van der Waals surface area contributed by atoms with Gasteiger partial charge in [0.2, 0.25) is 0 Å². The summed E-state index contributed by atoms with van der Waals surface area (Å²) in [6.07, 6.45) is 0.0992. The zero-order valence-corrected chi connectivity index (χ0v) is 22.7. The molecule has 1 aliphatic rings. The Morgan fingerprint density at radius 1 is 1.05 bits per heavy atom. The highest BCUT2D eigenvalue weighted by molar-refractivity contribution is 7.93. The number of hydrogen-bond acceptors (Lipinski definition) is 8. The summed E-state index contributed by atoms with van der Waals surface area (Å²) in [4.78, 5) is 19.1. The molecule has 220 valence electrons. The fraction of sp³-hybridized carbons (Fsp3) is 0.292. The number of thiazole rings is 1. The van der Waals surface area contributed by atoms with Crippen molar-refractivity contribution in [1.29, 1.82) is 0 Å². The smallest absolute Gasteiger partial charge is 0.475 e. The van der Waals surface area contributed by atoms with Crippen LogP contribution in [0.25, 0.3) is 5.65 Å². The molecular weight excluding hydrogens is 595 g/mol. The van der Waals surface area contributed by atoms with Gasteiger partial charge in [-0.3, -0.25) is 14.0 Å². The summed E-state index contributed by atoms with van der Waals surface area (Å²) in [6, 6.07) is 5.29. The number of carbonyl (C=O) groups is 1. The second kappa shape index (κ2) is 12.4. The second-order valence-corrected chi connectivity index (χ2v) is 11.2. The van der Waals surface area contributed by atoms with Gasteiger partial charge in [-0.05, 0) is 50.2 Å². The first kappa shape index (κ1) is 30.1. The highest BCUT2D eigenvalue weighted by atomic mass is 32.2. The molecule has 1 fully saturated rings. The van der Waals surface area contributed by atoms with Crippen LogP contribution < -0.4 is 10.0 Å². The molecule has 0 radical (unpaired) electrons. The third kappa shape index (κ3) is 7.28. The number of halogens is 5. The van der Waals surface area contributed by atoms with Gasteiger partial charge in [-0.25, -0.2) is 32.0 Å². The van der Waals surface area contributed by atoms with Crippen LogP contribution in [0, 0.1) is 11.6 Å². The summed E-state index contributed by atoms with van der Waals surface area (Å²) < 4.78 is 90.8. The van der Waals surface area contributed by atoms with Crippen LogP contribution in [0.2, 0.25) is 0 Å². The Morgan fingerprint density at radius 3 is 2.32 bits per heavy atom. The van der Waals surface area contributed by atoms with E-state index in [2.05, 4.69) is 24.9 Å². The Bertz CT molecular complexity index is 1620. The molecule has 4 aromatic rings. The Kier molecular flexibility index (Phi) is 9.08. The van der Waals surface area contributed by atoms with Gasteiger partial charge in [-0.2, -0.15) is 13.2 Å². The van der Waals surface area contributed by atoms with Gasteiger partial charge in [-0.15, -0.1) is 11.3 Å². The summed E-state index contributed by atoms with van der Waals surface area (Å²) in [5, 5.41) is 11.8. The molecule has 17 heteroatoms. The third-order valence-electron chi connectivity index (χ3n) is 6.06. The van der Waals surface area contributed by atoms with Crippen LogP contribution in [-0.4, -0.2) is 58.0 Å². The zero-order valence-electron chi connectivity index (χ0n) is 21.0. The lowest BCUT2D eigenvalue weighted by molar-refractivity contribution is -0.192. The van der Waals surface area contributed by atoms with Crippen LogP contribution >= 0.6 is 11.3 Å². The van der Waals surface area contributed by atoms with Gasteiger partial charge >= 0.3 is 12.1 Å². The topological polar surface area (TPSA) is 129 Å². The number of rotatable bonds is 8. The van der Waals surface area contributed by atoms with Crippen LogP contribution in [0.5, 0.6) is 0 Å². The van der Waals surface area contributed by atoms with E-state index in [1.807, 2.05) is 0 Å². The molecule has 1 aromatic carbocycles. The van der Waals surface area contributed by atoms with Gasteiger partial charge in [0.15, 0.2) is 11.5 Å². The molecule has 0 bridgehead atoms. The van der Waals surface area contributed by atoms with Gasteiger partial charge in [0.05, 0.1) is 5.51 Å². The van der Waals surface area contributed by atoms with E-state index in [1.165, 1.54) is 29.1 Å². The molecule has 0 saturated carbocycles. The molecule has 0 amide bonds. The largest absolute Gasteiger partial charge is 0.490 e. The van der Waals surface area contributed by atoms with Crippen molar-refractivity contribution >= 4 is 44.6 Å². The number of aromatic nitrogens is 3. The number of imidazole rings is 1. The number of hydrogen-bond donors (Lipinski definition) is 3. The second-order valence-electron chi connectivity index (χ2n) is 8.81. The van der Waals surface area contributed by atoms with Gasteiger partial charge in [-0.1, -0.05) is 0 Å². The molecule has 0 spiro atoms. The number of pyridine rings is 1. The molecule has 4 heterocycles. The average Bonchev–Trinajstić information content (AvgIpc) is 3.69. The summed E-state index contributed by atoms with van der Waals surface area (Å²) in [5.74, 6) is -2.96. The number of fused-ring (bicyclic) bond motifs is 1. The Labute approximate surface area is 234 Å². The van der Waals surface area contributed by atoms with Crippen molar-refractivity contribution in [3.05, 3.63) is 70.3 Å². The molecule has 3 N–H and O–H groups in total. The van der Waals surface area contributed by atoms with Crippen LogP contribution in [-0.2, 0) is 27.9 Å². The quantitative estimate of drug-likeness (QED) is 0.242.